The monoisotopic (exact) mass is 326 g/mol. The number of carbonyl (C=O) groups excluding carboxylic acids is 1. The summed E-state index contributed by atoms with van der Waals surface area (Å²) in [7, 11) is 0. The zero-order valence-corrected chi connectivity index (χ0v) is 12.3. The molecule has 1 unspecified atom stereocenters. The molecule has 1 atom stereocenters. The summed E-state index contributed by atoms with van der Waals surface area (Å²) >= 11 is 11.5. The van der Waals surface area contributed by atoms with Crippen molar-refractivity contribution in [2.24, 2.45) is 0 Å². The molecule has 1 aromatic heterocycles. The van der Waals surface area contributed by atoms with Gasteiger partial charge in [-0.15, -0.1) is 0 Å². The van der Waals surface area contributed by atoms with Crippen molar-refractivity contribution in [3.8, 4) is 0 Å². The van der Waals surface area contributed by atoms with Crippen LogP contribution in [0.25, 0.3) is 0 Å². The van der Waals surface area contributed by atoms with Gasteiger partial charge in [-0.1, -0.05) is 53.5 Å². The molecule has 0 spiro atoms. The number of amides is 1. The van der Waals surface area contributed by atoms with Gasteiger partial charge in [0.05, 0.1) is 17.5 Å². The predicted molar refractivity (Wildman–Crippen MR) is 79.7 cm³/mol. The fraction of sp³-hybridized carbons (Fsp3) is 0.143. The Bertz CT molecular complexity index is 636. The normalized spacial score (nSPS) is 11.9. The zero-order valence-electron chi connectivity index (χ0n) is 10.8. The molecule has 0 aliphatic heterocycles. The first-order chi connectivity index (χ1) is 9.97. The topological polar surface area (TPSA) is 82.2 Å². The summed E-state index contributed by atoms with van der Waals surface area (Å²) in [5.74, 6) is -1.48. The lowest BCUT2D eigenvalue weighted by molar-refractivity contribution is -0.137. The van der Waals surface area contributed by atoms with Gasteiger partial charge >= 0.3 is 5.97 Å². The van der Waals surface area contributed by atoms with Crippen molar-refractivity contribution < 1.29 is 14.7 Å². The van der Waals surface area contributed by atoms with Crippen LogP contribution < -0.4 is 5.32 Å². The predicted octanol–water partition coefficient (Wildman–Crippen LogP) is 3.27. The van der Waals surface area contributed by atoms with E-state index in [1.54, 1.807) is 24.3 Å². The summed E-state index contributed by atoms with van der Waals surface area (Å²) < 4.78 is 0. The number of aromatic amines is 1. The molecule has 0 aliphatic carbocycles. The van der Waals surface area contributed by atoms with Crippen molar-refractivity contribution in [1.29, 1.82) is 0 Å². The molecule has 0 radical (unpaired) electrons. The second-order valence-corrected chi connectivity index (χ2v) is 5.16. The maximum Gasteiger partial charge on any atom is 0.305 e. The molecule has 3 N–H and O–H groups in total. The van der Waals surface area contributed by atoms with Gasteiger partial charge in [0.25, 0.3) is 5.91 Å². The highest BCUT2D eigenvalue weighted by Crippen LogP contribution is 2.23. The third kappa shape index (κ3) is 4.00. The van der Waals surface area contributed by atoms with E-state index in [1.165, 1.54) is 6.07 Å². The average Bonchev–Trinajstić information content (AvgIpc) is 2.78. The number of halogens is 2. The summed E-state index contributed by atoms with van der Waals surface area (Å²) in [4.78, 5) is 25.7. The molecule has 1 heterocycles. The number of hydrogen-bond acceptors (Lipinski definition) is 2. The van der Waals surface area contributed by atoms with Crippen molar-refractivity contribution in [1.82, 2.24) is 10.3 Å². The number of H-pyrrole nitrogens is 1. The third-order valence-electron chi connectivity index (χ3n) is 2.86. The minimum atomic E-state index is -1.01. The highest BCUT2D eigenvalue weighted by molar-refractivity contribution is 6.41. The maximum atomic E-state index is 12.1. The van der Waals surface area contributed by atoms with Crippen molar-refractivity contribution in [2.45, 2.75) is 12.5 Å². The molecule has 21 heavy (non-hydrogen) atoms. The number of carbonyl (C=O) groups is 2. The van der Waals surface area contributed by atoms with E-state index >= 15 is 0 Å². The van der Waals surface area contributed by atoms with Crippen molar-refractivity contribution >= 4 is 35.1 Å². The van der Waals surface area contributed by atoms with E-state index in [-0.39, 0.29) is 22.3 Å². The number of benzene rings is 1. The van der Waals surface area contributed by atoms with Gasteiger partial charge in [0.2, 0.25) is 0 Å². The molecule has 1 amide bonds. The molecule has 5 nitrogen and oxygen atoms in total. The van der Waals surface area contributed by atoms with E-state index < -0.39 is 17.9 Å². The number of rotatable bonds is 5. The summed E-state index contributed by atoms with van der Waals surface area (Å²) in [5, 5.41) is 12.0. The van der Waals surface area contributed by atoms with E-state index in [4.69, 9.17) is 28.3 Å². The van der Waals surface area contributed by atoms with Gasteiger partial charge in [-0.25, -0.2) is 0 Å². The smallest absolute Gasteiger partial charge is 0.305 e. The maximum absolute atomic E-state index is 12.1. The molecule has 110 valence electrons. The first kappa shape index (κ1) is 15.4. The van der Waals surface area contributed by atoms with Crippen molar-refractivity contribution in [3.63, 3.8) is 0 Å². The second-order valence-electron chi connectivity index (χ2n) is 4.38. The number of aromatic nitrogens is 1. The first-order valence-electron chi connectivity index (χ1n) is 6.09. The summed E-state index contributed by atoms with van der Waals surface area (Å²) in [6.45, 7) is 0. The number of aliphatic carboxylic acids is 1. The fourth-order valence-corrected chi connectivity index (χ4v) is 2.19. The number of carboxylic acids is 1. The molecular formula is C14H12Cl2N2O3. The first-order valence-corrected chi connectivity index (χ1v) is 6.84. The quantitative estimate of drug-likeness (QED) is 0.788. The van der Waals surface area contributed by atoms with Crippen LogP contribution in [0.1, 0.15) is 28.5 Å². The SMILES string of the molecule is O=C(O)CC(NC(=O)c1cc(Cl)c(Cl)[nH]1)c1ccccc1. The molecule has 2 aromatic rings. The van der Waals surface area contributed by atoms with Crippen LogP contribution in [0.5, 0.6) is 0 Å². The molecule has 0 saturated heterocycles. The lowest BCUT2D eigenvalue weighted by atomic mass is 10.0. The van der Waals surface area contributed by atoms with Gasteiger partial charge in [-0.05, 0) is 11.6 Å². The summed E-state index contributed by atoms with van der Waals surface area (Å²) in [6, 6.07) is 9.62. The third-order valence-corrected chi connectivity index (χ3v) is 3.55. The average molecular weight is 327 g/mol. The Morgan fingerprint density at radius 3 is 2.43 bits per heavy atom. The van der Waals surface area contributed by atoms with Crippen LogP contribution in [0.2, 0.25) is 10.2 Å². The van der Waals surface area contributed by atoms with Gasteiger partial charge in [0, 0.05) is 0 Å². The van der Waals surface area contributed by atoms with E-state index in [0.717, 1.165) is 0 Å². The Morgan fingerprint density at radius 2 is 1.90 bits per heavy atom. The number of nitrogens with one attached hydrogen (secondary N) is 2. The lowest BCUT2D eigenvalue weighted by Crippen LogP contribution is -2.30. The van der Waals surface area contributed by atoms with Crippen LogP contribution in [0.3, 0.4) is 0 Å². The molecule has 0 aliphatic rings. The van der Waals surface area contributed by atoms with Gasteiger partial charge in [0.1, 0.15) is 10.8 Å². The van der Waals surface area contributed by atoms with Gasteiger partial charge in [-0.3, -0.25) is 9.59 Å². The standard InChI is InChI=1S/C14H12Cl2N2O3/c15-9-6-11(17-13(9)16)14(21)18-10(7-12(19)20)8-4-2-1-3-5-8/h1-6,10,17H,7H2,(H,18,21)(H,19,20). The number of hydrogen-bond donors (Lipinski definition) is 3. The molecule has 1 aromatic carbocycles. The largest absolute Gasteiger partial charge is 0.481 e. The Hall–Kier alpha value is -1.98. The van der Waals surface area contributed by atoms with Gasteiger partial charge < -0.3 is 15.4 Å². The molecule has 0 bridgehead atoms. The van der Waals surface area contributed by atoms with Gasteiger partial charge in [-0.2, -0.15) is 0 Å². The van der Waals surface area contributed by atoms with E-state index in [1.807, 2.05) is 6.07 Å². The Labute approximate surface area is 130 Å². The van der Waals surface area contributed by atoms with E-state index in [2.05, 4.69) is 10.3 Å². The minimum absolute atomic E-state index is 0.163. The molecule has 7 heteroatoms. The second kappa shape index (κ2) is 6.65. The van der Waals surface area contributed by atoms with E-state index in [0.29, 0.717) is 5.56 Å². The summed E-state index contributed by atoms with van der Waals surface area (Å²) in [6.07, 6.45) is -0.224. The van der Waals surface area contributed by atoms with E-state index in [9.17, 15) is 9.59 Å². The highest BCUT2D eigenvalue weighted by atomic mass is 35.5. The van der Waals surface area contributed by atoms with Crippen LogP contribution in [-0.2, 0) is 4.79 Å². The van der Waals surface area contributed by atoms with Gasteiger partial charge in [0.15, 0.2) is 0 Å². The van der Waals surface area contributed by atoms with Crippen LogP contribution >= 0.6 is 23.2 Å². The Kier molecular flexibility index (Phi) is 4.88. The highest BCUT2D eigenvalue weighted by Gasteiger charge is 2.20. The van der Waals surface area contributed by atoms with Crippen LogP contribution in [0, 0.1) is 0 Å². The van der Waals surface area contributed by atoms with Crippen molar-refractivity contribution in [2.75, 3.05) is 0 Å². The molecule has 0 saturated carbocycles. The zero-order chi connectivity index (χ0) is 15.4. The van der Waals surface area contributed by atoms with Crippen molar-refractivity contribution in [3.05, 3.63) is 57.8 Å². The van der Waals surface area contributed by atoms with Crippen LogP contribution in [-0.4, -0.2) is 22.0 Å². The minimum Gasteiger partial charge on any atom is -0.481 e. The molecular weight excluding hydrogens is 315 g/mol. The fourth-order valence-electron chi connectivity index (χ4n) is 1.87. The molecule has 2 rings (SSSR count). The number of carboxylic acid groups (broad SMARTS) is 1. The lowest BCUT2D eigenvalue weighted by Gasteiger charge is -2.16. The Balaban J connectivity index is 2.19. The Morgan fingerprint density at radius 1 is 1.24 bits per heavy atom. The summed E-state index contributed by atoms with van der Waals surface area (Å²) in [5.41, 5.74) is 0.883. The molecule has 0 fully saturated rings. The van der Waals surface area contributed by atoms with Crippen LogP contribution in [0.4, 0.5) is 0 Å². The van der Waals surface area contributed by atoms with Crippen LogP contribution in [0.15, 0.2) is 36.4 Å².